The van der Waals surface area contributed by atoms with E-state index in [-0.39, 0.29) is 25.7 Å². The Hall–Kier alpha value is -1.94. The molecule has 0 aromatic carbocycles. The molecule has 0 aliphatic heterocycles. The van der Waals surface area contributed by atoms with Crippen LogP contribution in [0, 0.1) is 5.92 Å². The van der Waals surface area contributed by atoms with Crippen molar-refractivity contribution in [3.05, 3.63) is 0 Å². The lowest BCUT2D eigenvalue weighted by molar-refractivity contribution is -0.161. The van der Waals surface area contributed by atoms with E-state index in [1.54, 1.807) is 0 Å². The first-order valence-electron chi connectivity index (χ1n) is 40.1. The second-order valence-electron chi connectivity index (χ2n) is 28.2. The van der Waals surface area contributed by atoms with Gasteiger partial charge < -0.3 is 33.8 Å². The smallest absolute Gasteiger partial charge is 0.462 e. The van der Waals surface area contributed by atoms with Crippen LogP contribution in [0.5, 0.6) is 0 Å². The van der Waals surface area contributed by atoms with E-state index in [0.717, 1.165) is 95.8 Å². The fraction of sp³-hybridized carbons (Fsp3) is 0.948. The van der Waals surface area contributed by atoms with Crippen LogP contribution in [0.4, 0.5) is 0 Å². The molecule has 17 nitrogen and oxygen atoms in total. The van der Waals surface area contributed by atoms with Crippen LogP contribution in [0.1, 0.15) is 407 Å². The van der Waals surface area contributed by atoms with Gasteiger partial charge in [-0.1, -0.05) is 356 Å². The summed E-state index contributed by atoms with van der Waals surface area (Å²) in [6.45, 7) is 7.32. The summed E-state index contributed by atoms with van der Waals surface area (Å²) in [5, 5.41) is 10.6. The van der Waals surface area contributed by atoms with Crippen molar-refractivity contribution in [1.82, 2.24) is 0 Å². The molecule has 0 bridgehead atoms. The highest BCUT2D eigenvalue weighted by Crippen LogP contribution is 2.45. The third kappa shape index (κ3) is 70.5. The molecule has 0 radical (unpaired) electrons. The number of unbranched alkanes of at least 4 members (excludes halogenated alkanes) is 49. The number of phosphoric acid groups is 2. The molecule has 0 fully saturated rings. The topological polar surface area (TPSA) is 237 Å². The van der Waals surface area contributed by atoms with Crippen molar-refractivity contribution in [2.45, 2.75) is 425 Å². The molecule has 0 heterocycles. The quantitative estimate of drug-likeness (QED) is 0.0222. The molecule has 0 aliphatic rings. The molecule has 0 rings (SSSR count). The van der Waals surface area contributed by atoms with Crippen molar-refractivity contribution < 1.29 is 80.2 Å². The van der Waals surface area contributed by atoms with Crippen LogP contribution < -0.4 is 0 Å². The molecular weight excluding hydrogens is 1260 g/mol. The van der Waals surface area contributed by atoms with Gasteiger partial charge >= 0.3 is 39.5 Å². The lowest BCUT2D eigenvalue weighted by Crippen LogP contribution is -2.30. The minimum atomic E-state index is -4.96. The SMILES string of the molecule is CCCCCCCCCCCCCCCCCCC(=O)O[C@H](COC(=O)CCCCCCCCCCCCCCC(C)C)COP(=O)(O)OC[C@@H](O)COP(=O)(O)OC[C@@H](COC(=O)CCCCCCCCCCCCCC)OC(=O)CCCCCCCCCCCCCCC. The van der Waals surface area contributed by atoms with E-state index in [9.17, 15) is 43.2 Å². The van der Waals surface area contributed by atoms with Gasteiger partial charge in [0.2, 0.25) is 0 Å². The highest BCUT2D eigenvalue weighted by Gasteiger charge is 2.30. The van der Waals surface area contributed by atoms with Gasteiger partial charge in [0.25, 0.3) is 0 Å². The average molecular weight is 1410 g/mol. The Morgan fingerprint density at radius 2 is 0.479 bits per heavy atom. The Balaban J connectivity index is 5.26. The first-order valence-corrected chi connectivity index (χ1v) is 43.1. The van der Waals surface area contributed by atoms with Crippen LogP contribution in [-0.2, 0) is 65.4 Å². The van der Waals surface area contributed by atoms with Crippen molar-refractivity contribution in [1.29, 1.82) is 0 Å². The summed E-state index contributed by atoms with van der Waals surface area (Å²) in [5.41, 5.74) is 0. The molecule has 0 saturated heterocycles. The molecule has 0 aromatic rings. The Bertz CT molecular complexity index is 1840. The van der Waals surface area contributed by atoms with Crippen molar-refractivity contribution in [2.75, 3.05) is 39.6 Å². The summed E-state index contributed by atoms with van der Waals surface area (Å²) in [6.07, 6.45) is 59.4. The molecular formula is C77H150O17P2. The summed E-state index contributed by atoms with van der Waals surface area (Å²) in [5.74, 6) is -1.33. The van der Waals surface area contributed by atoms with Crippen LogP contribution in [0.15, 0.2) is 0 Å². The fourth-order valence-electron chi connectivity index (χ4n) is 11.9. The molecule has 2 unspecified atom stereocenters. The van der Waals surface area contributed by atoms with Crippen LogP contribution in [0.25, 0.3) is 0 Å². The highest BCUT2D eigenvalue weighted by molar-refractivity contribution is 7.47. The Kier molecular flexibility index (Phi) is 68.7. The summed E-state index contributed by atoms with van der Waals surface area (Å²) >= 11 is 0. The van der Waals surface area contributed by atoms with E-state index < -0.39 is 97.5 Å². The van der Waals surface area contributed by atoms with E-state index in [0.29, 0.717) is 25.7 Å². The second kappa shape index (κ2) is 70.1. The van der Waals surface area contributed by atoms with Crippen LogP contribution in [0.2, 0.25) is 0 Å². The van der Waals surface area contributed by atoms with E-state index in [2.05, 4.69) is 34.6 Å². The standard InChI is InChI=1S/C77H150O17P2/c1-6-9-12-15-18-21-24-27-28-29-31-38-43-48-53-58-63-77(82)94-73(67-88-75(80)61-56-51-46-41-36-33-32-34-39-44-49-54-59-70(4)5)69-92-96(85,86)90-65-71(78)64-89-95(83,84)91-68-72(66-87-74(79)60-55-50-45-40-35-26-23-20-17-14-11-8-3)93-76(81)62-57-52-47-42-37-30-25-22-19-16-13-10-7-2/h70-73,78H,6-69H2,1-5H3,(H,83,84)(H,85,86)/t71-,72+,73+/m0/s1. The normalized spacial score (nSPS) is 13.9. The molecule has 96 heavy (non-hydrogen) atoms. The Morgan fingerprint density at radius 1 is 0.281 bits per heavy atom. The molecule has 19 heteroatoms. The molecule has 0 aliphatic carbocycles. The van der Waals surface area contributed by atoms with Gasteiger partial charge in [0.05, 0.1) is 26.4 Å². The molecule has 570 valence electrons. The number of ether oxygens (including phenoxy) is 4. The first kappa shape index (κ1) is 94.1. The maximum absolute atomic E-state index is 13.1. The minimum absolute atomic E-state index is 0.108. The van der Waals surface area contributed by atoms with E-state index in [4.69, 9.17) is 37.0 Å². The number of carbonyl (C=O) groups is 4. The number of phosphoric ester groups is 2. The number of hydrogen-bond acceptors (Lipinski definition) is 15. The number of aliphatic hydroxyl groups excluding tert-OH is 1. The number of hydrogen-bond donors (Lipinski definition) is 3. The number of esters is 4. The minimum Gasteiger partial charge on any atom is -0.462 e. The van der Waals surface area contributed by atoms with Crippen LogP contribution in [-0.4, -0.2) is 96.7 Å². The zero-order valence-electron chi connectivity index (χ0n) is 62.5. The second-order valence-corrected chi connectivity index (χ2v) is 31.1. The summed E-state index contributed by atoms with van der Waals surface area (Å²) < 4.78 is 68.6. The van der Waals surface area contributed by atoms with Crippen LogP contribution >= 0.6 is 15.6 Å². The molecule has 0 saturated carbocycles. The number of carbonyl (C=O) groups excluding carboxylic acids is 4. The van der Waals surface area contributed by atoms with Gasteiger partial charge in [0, 0.05) is 25.7 Å². The Labute approximate surface area is 588 Å². The van der Waals surface area contributed by atoms with Crippen molar-refractivity contribution in [3.63, 3.8) is 0 Å². The highest BCUT2D eigenvalue weighted by atomic mass is 31.2. The van der Waals surface area contributed by atoms with Crippen LogP contribution in [0.3, 0.4) is 0 Å². The largest absolute Gasteiger partial charge is 0.472 e. The van der Waals surface area contributed by atoms with Gasteiger partial charge in [0.1, 0.15) is 19.3 Å². The zero-order chi connectivity index (χ0) is 70.5. The molecule has 0 amide bonds. The zero-order valence-corrected chi connectivity index (χ0v) is 64.3. The maximum atomic E-state index is 13.1. The summed E-state index contributed by atoms with van der Waals surface area (Å²) in [7, 11) is -9.91. The van der Waals surface area contributed by atoms with Gasteiger partial charge in [-0.15, -0.1) is 0 Å². The predicted molar refractivity (Wildman–Crippen MR) is 391 cm³/mol. The van der Waals surface area contributed by atoms with Crippen molar-refractivity contribution >= 4 is 39.5 Å². The van der Waals surface area contributed by atoms with E-state index in [1.165, 1.54) is 231 Å². The third-order valence-corrected chi connectivity index (χ3v) is 19.9. The number of rotatable bonds is 77. The molecule has 0 spiro atoms. The van der Waals surface area contributed by atoms with Gasteiger partial charge in [-0.3, -0.25) is 37.3 Å². The Morgan fingerprint density at radius 3 is 0.708 bits per heavy atom. The molecule has 3 N–H and O–H groups in total. The fourth-order valence-corrected chi connectivity index (χ4v) is 13.5. The van der Waals surface area contributed by atoms with Crippen molar-refractivity contribution in [3.8, 4) is 0 Å². The number of aliphatic hydroxyl groups is 1. The lowest BCUT2D eigenvalue weighted by Gasteiger charge is -2.21. The van der Waals surface area contributed by atoms with E-state index in [1.807, 2.05) is 0 Å². The van der Waals surface area contributed by atoms with Gasteiger partial charge in [-0.25, -0.2) is 9.13 Å². The van der Waals surface area contributed by atoms with Gasteiger partial charge in [-0.2, -0.15) is 0 Å². The monoisotopic (exact) mass is 1410 g/mol. The van der Waals surface area contributed by atoms with Gasteiger partial charge in [0.15, 0.2) is 12.2 Å². The molecule has 5 atom stereocenters. The summed E-state index contributed by atoms with van der Waals surface area (Å²) in [6, 6.07) is 0. The maximum Gasteiger partial charge on any atom is 0.472 e. The first-order chi connectivity index (χ1) is 46.5. The average Bonchev–Trinajstić information content (AvgIpc) is 1.77. The van der Waals surface area contributed by atoms with Crippen molar-refractivity contribution in [2.24, 2.45) is 5.92 Å². The molecule has 0 aromatic heterocycles. The summed E-state index contributed by atoms with van der Waals surface area (Å²) in [4.78, 5) is 72.9. The lowest BCUT2D eigenvalue weighted by atomic mass is 10.0. The third-order valence-electron chi connectivity index (χ3n) is 18.0. The van der Waals surface area contributed by atoms with E-state index >= 15 is 0 Å². The van der Waals surface area contributed by atoms with Gasteiger partial charge in [-0.05, 0) is 31.6 Å². The predicted octanol–water partition coefficient (Wildman–Crippen LogP) is 22.9.